The molecule has 204 valence electrons. The van der Waals surface area contributed by atoms with E-state index in [0.29, 0.717) is 34.5 Å². The van der Waals surface area contributed by atoms with E-state index < -0.39 is 12.0 Å². The Hall–Kier alpha value is -4.67. The van der Waals surface area contributed by atoms with Gasteiger partial charge in [0.25, 0.3) is 0 Å². The number of anilines is 2. The highest BCUT2D eigenvalue weighted by Gasteiger charge is 2.24. The van der Waals surface area contributed by atoms with Crippen LogP contribution in [0.25, 0.3) is 22.4 Å². The van der Waals surface area contributed by atoms with E-state index in [1.165, 1.54) is 0 Å². The van der Waals surface area contributed by atoms with E-state index in [-0.39, 0.29) is 6.42 Å². The zero-order valence-electron chi connectivity index (χ0n) is 23.2. The summed E-state index contributed by atoms with van der Waals surface area (Å²) in [7, 11) is 8.71. The normalized spacial score (nSPS) is 11.7. The van der Waals surface area contributed by atoms with Gasteiger partial charge in [-0.3, -0.25) is 9.67 Å². The maximum absolute atomic E-state index is 12.4. The third kappa shape index (κ3) is 5.62. The summed E-state index contributed by atoms with van der Waals surface area (Å²) in [4.78, 5) is 27.9. The van der Waals surface area contributed by atoms with Crippen LogP contribution in [-0.2, 0) is 18.3 Å². The fraction of sp³-hybridized carbons (Fsp3) is 0.321. The largest absolute Gasteiger partial charge is 0.496 e. The molecule has 39 heavy (non-hydrogen) atoms. The minimum Gasteiger partial charge on any atom is -0.496 e. The first-order valence-corrected chi connectivity index (χ1v) is 12.3. The van der Waals surface area contributed by atoms with Crippen LogP contribution in [0, 0.1) is 13.8 Å². The minimum atomic E-state index is -1.01. The molecule has 0 amide bonds. The van der Waals surface area contributed by atoms with Crippen molar-refractivity contribution in [3.63, 3.8) is 0 Å². The third-order valence-corrected chi connectivity index (χ3v) is 6.51. The summed E-state index contributed by atoms with van der Waals surface area (Å²) in [5, 5.41) is 17.8. The summed E-state index contributed by atoms with van der Waals surface area (Å²) in [5.41, 5.74) is 5.41. The molecule has 0 aliphatic heterocycles. The predicted octanol–water partition coefficient (Wildman–Crippen LogP) is 3.75. The second kappa shape index (κ2) is 11.4. The first kappa shape index (κ1) is 27.4. The topological polar surface area (TPSA) is 128 Å². The predicted molar refractivity (Wildman–Crippen MR) is 150 cm³/mol. The molecule has 0 spiro atoms. The van der Waals surface area contributed by atoms with Crippen molar-refractivity contribution in [2.24, 2.45) is 7.05 Å². The number of benzene rings is 1. The summed E-state index contributed by atoms with van der Waals surface area (Å²) in [6.07, 6.45) is 3.55. The molecule has 0 aliphatic rings. The molecule has 0 radical (unpaired) electrons. The number of ether oxygens (including phenoxy) is 2. The van der Waals surface area contributed by atoms with Crippen LogP contribution in [0.4, 0.5) is 11.8 Å². The van der Waals surface area contributed by atoms with Crippen LogP contribution < -0.4 is 19.7 Å². The van der Waals surface area contributed by atoms with Crippen molar-refractivity contribution >= 4 is 17.7 Å². The highest BCUT2D eigenvalue weighted by Crippen LogP contribution is 2.37. The molecule has 1 atom stereocenters. The molecule has 4 aromatic rings. The molecule has 4 rings (SSSR count). The summed E-state index contributed by atoms with van der Waals surface area (Å²) in [6.45, 7) is 3.86. The van der Waals surface area contributed by atoms with Gasteiger partial charge in [-0.2, -0.15) is 10.1 Å². The van der Waals surface area contributed by atoms with Gasteiger partial charge in [0.2, 0.25) is 5.95 Å². The van der Waals surface area contributed by atoms with Gasteiger partial charge in [0.15, 0.2) is 0 Å². The number of carboxylic acids is 1. The molecular formula is C28H33N7O4. The lowest BCUT2D eigenvalue weighted by atomic mass is 10.0. The number of carbonyl (C=O) groups is 1. The summed E-state index contributed by atoms with van der Waals surface area (Å²) in [6, 6.07) is 8.23. The number of methoxy groups -OCH3 is 2. The van der Waals surface area contributed by atoms with Crippen LogP contribution in [0.3, 0.4) is 0 Å². The molecule has 0 saturated carbocycles. The first-order chi connectivity index (χ1) is 18.6. The maximum Gasteiger partial charge on any atom is 0.326 e. The van der Waals surface area contributed by atoms with Crippen molar-refractivity contribution in [3.05, 3.63) is 59.7 Å². The van der Waals surface area contributed by atoms with E-state index >= 15 is 0 Å². The highest BCUT2D eigenvalue weighted by atomic mass is 16.5. The molecular weight excluding hydrogens is 498 g/mol. The van der Waals surface area contributed by atoms with E-state index in [4.69, 9.17) is 9.47 Å². The molecule has 3 heterocycles. The van der Waals surface area contributed by atoms with Crippen LogP contribution in [0.2, 0.25) is 0 Å². The highest BCUT2D eigenvalue weighted by molar-refractivity contribution is 5.83. The summed E-state index contributed by atoms with van der Waals surface area (Å²) in [5.74, 6) is 1.13. The Morgan fingerprint density at radius 2 is 1.74 bits per heavy atom. The van der Waals surface area contributed by atoms with Gasteiger partial charge < -0.3 is 24.8 Å². The van der Waals surface area contributed by atoms with Crippen LogP contribution >= 0.6 is 0 Å². The quantitative estimate of drug-likeness (QED) is 0.312. The third-order valence-electron chi connectivity index (χ3n) is 6.51. The number of hydrogen-bond donors (Lipinski definition) is 2. The number of carboxylic acid groups (broad SMARTS) is 1. The van der Waals surface area contributed by atoms with E-state index in [2.05, 4.69) is 25.4 Å². The Bertz CT molecular complexity index is 1460. The maximum atomic E-state index is 12.4. The number of pyridine rings is 1. The average molecular weight is 532 g/mol. The van der Waals surface area contributed by atoms with E-state index in [0.717, 1.165) is 28.1 Å². The molecule has 0 fully saturated rings. The molecule has 0 unspecified atom stereocenters. The molecule has 3 aromatic heterocycles. The van der Waals surface area contributed by atoms with Crippen LogP contribution in [0.15, 0.2) is 42.7 Å². The van der Waals surface area contributed by atoms with Gasteiger partial charge in [0, 0.05) is 56.8 Å². The Morgan fingerprint density at radius 3 is 2.26 bits per heavy atom. The number of aromatic nitrogens is 5. The number of nitrogens with one attached hydrogen (secondary N) is 1. The summed E-state index contributed by atoms with van der Waals surface area (Å²) >= 11 is 0. The Morgan fingerprint density at radius 1 is 1.05 bits per heavy atom. The monoisotopic (exact) mass is 531 g/mol. The minimum absolute atomic E-state index is 0.178. The van der Waals surface area contributed by atoms with E-state index in [1.807, 2.05) is 65.3 Å². The Labute approximate surface area is 227 Å². The Kier molecular flexibility index (Phi) is 7.99. The fourth-order valence-electron chi connectivity index (χ4n) is 4.44. The van der Waals surface area contributed by atoms with Crippen LogP contribution in [0.5, 0.6) is 11.5 Å². The van der Waals surface area contributed by atoms with E-state index in [9.17, 15) is 9.90 Å². The lowest BCUT2D eigenvalue weighted by Gasteiger charge is -2.20. The van der Waals surface area contributed by atoms with Crippen molar-refractivity contribution in [1.29, 1.82) is 0 Å². The van der Waals surface area contributed by atoms with Crippen molar-refractivity contribution < 1.29 is 19.4 Å². The second-order valence-corrected chi connectivity index (χ2v) is 9.32. The van der Waals surface area contributed by atoms with Crippen molar-refractivity contribution in [3.8, 4) is 33.9 Å². The SMILES string of the molecule is COc1cccc(OC)c1-c1ccc(C[C@H](Nc2nc(N(C)C)ncc2-c2c(C)nn(C)c2C)C(=O)O)cn1. The molecule has 0 bridgehead atoms. The zero-order valence-corrected chi connectivity index (χ0v) is 23.2. The molecule has 2 N–H and O–H groups in total. The average Bonchev–Trinajstić information content (AvgIpc) is 3.18. The standard InChI is InChI=1S/C28H33N7O4/c1-16-24(17(2)35(5)33-16)19-15-30-28(34(3)4)32-26(19)31-21(27(36)37)13-18-11-12-20(29-14-18)25-22(38-6)9-8-10-23(25)39-7/h8-12,14-15,21H,13H2,1-7H3,(H,36,37)(H,30,31,32)/t21-/m0/s1. The molecule has 0 aliphatic carbocycles. The van der Waals surface area contributed by atoms with Gasteiger partial charge in [0.05, 0.1) is 31.2 Å². The second-order valence-electron chi connectivity index (χ2n) is 9.32. The van der Waals surface area contributed by atoms with Crippen molar-refractivity contribution in [1.82, 2.24) is 24.7 Å². The molecule has 0 saturated heterocycles. The number of nitrogens with zero attached hydrogens (tertiary/aromatic N) is 6. The van der Waals surface area contributed by atoms with Gasteiger partial charge in [-0.25, -0.2) is 9.78 Å². The smallest absolute Gasteiger partial charge is 0.326 e. The molecule has 1 aromatic carbocycles. The van der Waals surface area contributed by atoms with Gasteiger partial charge in [-0.1, -0.05) is 12.1 Å². The molecule has 11 heteroatoms. The Balaban J connectivity index is 1.67. The lowest BCUT2D eigenvalue weighted by molar-refractivity contribution is -0.137. The van der Waals surface area contributed by atoms with Crippen LogP contribution in [0.1, 0.15) is 17.0 Å². The van der Waals surface area contributed by atoms with Crippen molar-refractivity contribution in [2.75, 3.05) is 38.5 Å². The summed E-state index contributed by atoms with van der Waals surface area (Å²) < 4.78 is 12.8. The van der Waals surface area contributed by atoms with Gasteiger partial charge in [-0.05, 0) is 37.6 Å². The van der Waals surface area contributed by atoms with Gasteiger partial charge >= 0.3 is 5.97 Å². The fourth-order valence-corrected chi connectivity index (χ4v) is 4.44. The molecule has 11 nitrogen and oxygen atoms in total. The zero-order chi connectivity index (χ0) is 28.3. The van der Waals surface area contributed by atoms with E-state index in [1.54, 1.807) is 36.2 Å². The number of hydrogen-bond acceptors (Lipinski definition) is 9. The van der Waals surface area contributed by atoms with Gasteiger partial charge in [-0.15, -0.1) is 0 Å². The number of aliphatic carboxylic acids is 1. The number of aryl methyl sites for hydroxylation is 2. The number of rotatable bonds is 10. The lowest BCUT2D eigenvalue weighted by Crippen LogP contribution is -2.32. The first-order valence-electron chi connectivity index (χ1n) is 12.3. The van der Waals surface area contributed by atoms with Gasteiger partial charge in [0.1, 0.15) is 23.4 Å². The van der Waals surface area contributed by atoms with Crippen LogP contribution in [-0.4, -0.2) is 70.2 Å². The van der Waals surface area contributed by atoms with Crippen molar-refractivity contribution in [2.45, 2.75) is 26.3 Å².